The van der Waals surface area contributed by atoms with Gasteiger partial charge in [-0.15, -0.1) is 11.3 Å². The first-order valence-corrected chi connectivity index (χ1v) is 13.9. The molecule has 3 aromatic rings. The summed E-state index contributed by atoms with van der Waals surface area (Å²) in [6.45, 7) is 5.77. The van der Waals surface area contributed by atoms with Crippen molar-refractivity contribution in [1.82, 2.24) is 15.2 Å². The molecule has 0 spiro atoms. The van der Waals surface area contributed by atoms with Crippen molar-refractivity contribution in [1.29, 1.82) is 0 Å². The minimum absolute atomic E-state index is 0.0318. The number of fused-ring (bicyclic) bond motifs is 1. The lowest BCUT2D eigenvalue weighted by molar-refractivity contribution is -0.136. The maximum atomic E-state index is 14.2. The van der Waals surface area contributed by atoms with E-state index in [2.05, 4.69) is 10.3 Å². The molecule has 0 radical (unpaired) electrons. The van der Waals surface area contributed by atoms with E-state index in [-0.39, 0.29) is 36.3 Å². The molecule has 1 N–H and O–H groups in total. The molecular formula is C29H32FN3O4S. The SMILES string of the molecule is CC(C)C(=O)N1CCc2ccc(OCc3nc(C(=O)NC[C@@H]4CCCO4)cs3)cc2[C@@H]1c1cccc(F)c1. The van der Waals surface area contributed by atoms with Crippen LogP contribution < -0.4 is 10.1 Å². The third-order valence-corrected chi connectivity index (χ3v) is 7.77. The Labute approximate surface area is 226 Å². The Kier molecular flexibility index (Phi) is 8.04. The van der Waals surface area contributed by atoms with E-state index >= 15 is 0 Å². The summed E-state index contributed by atoms with van der Waals surface area (Å²) in [6, 6.07) is 11.9. The Bertz CT molecular complexity index is 1300. The van der Waals surface area contributed by atoms with Crippen LogP contribution in [0.4, 0.5) is 4.39 Å². The van der Waals surface area contributed by atoms with Gasteiger partial charge in [0.15, 0.2) is 0 Å². The molecule has 0 bridgehead atoms. The van der Waals surface area contributed by atoms with Gasteiger partial charge < -0.3 is 19.7 Å². The number of rotatable bonds is 8. The predicted molar refractivity (Wildman–Crippen MR) is 143 cm³/mol. The van der Waals surface area contributed by atoms with Gasteiger partial charge in [0, 0.05) is 31.0 Å². The van der Waals surface area contributed by atoms with E-state index in [1.807, 2.05) is 43.0 Å². The number of thiazole rings is 1. The number of nitrogens with zero attached hydrogens (tertiary/aromatic N) is 2. The number of aromatic nitrogens is 1. The van der Waals surface area contributed by atoms with E-state index in [4.69, 9.17) is 9.47 Å². The highest BCUT2D eigenvalue weighted by Crippen LogP contribution is 2.38. The van der Waals surface area contributed by atoms with Crippen molar-refractivity contribution in [2.45, 2.75) is 51.9 Å². The topological polar surface area (TPSA) is 80.8 Å². The fourth-order valence-electron chi connectivity index (χ4n) is 5.02. The first-order valence-electron chi connectivity index (χ1n) is 13.0. The van der Waals surface area contributed by atoms with Crippen LogP contribution in [-0.4, -0.2) is 47.5 Å². The lowest BCUT2D eigenvalue weighted by Crippen LogP contribution is -2.42. The fraction of sp³-hybridized carbons (Fsp3) is 0.414. The number of ether oxygens (including phenoxy) is 2. The second-order valence-electron chi connectivity index (χ2n) is 10.0. The molecular weight excluding hydrogens is 505 g/mol. The number of carbonyl (C=O) groups is 2. The number of nitrogens with one attached hydrogen (secondary N) is 1. The number of halogens is 1. The van der Waals surface area contributed by atoms with Crippen molar-refractivity contribution < 1.29 is 23.5 Å². The average molecular weight is 538 g/mol. The predicted octanol–water partition coefficient (Wildman–Crippen LogP) is 4.90. The smallest absolute Gasteiger partial charge is 0.270 e. The minimum Gasteiger partial charge on any atom is -0.486 e. The van der Waals surface area contributed by atoms with Crippen molar-refractivity contribution in [2.24, 2.45) is 5.92 Å². The van der Waals surface area contributed by atoms with Gasteiger partial charge >= 0.3 is 0 Å². The van der Waals surface area contributed by atoms with Crippen LogP contribution in [-0.2, 0) is 22.6 Å². The molecule has 2 aliphatic rings. The number of hydrogen-bond acceptors (Lipinski definition) is 6. The van der Waals surface area contributed by atoms with Crippen molar-refractivity contribution >= 4 is 23.2 Å². The Morgan fingerprint density at radius 2 is 2.13 bits per heavy atom. The highest BCUT2D eigenvalue weighted by atomic mass is 32.1. The summed E-state index contributed by atoms with van der Waals surface area (Å²) in [4.78, 5) is 31.8. The molecule has 2 amide bonds. The molecule has 0 saturated carbocycles. The Morgan fingerprint density at radius 3 is 2.89 bits per heavy atom. The molecule has 1 fully saturated rings. The van der Waals surface area contributed by atoms with Gasteiger partial charge in [-0.05, 0) is 60.2 Å². The fourth-order valence-corrected chi connectivity index (χ4v) is 5.70. The van der Waals surface area contributed by atoms with Gasteiger partial charge in [-0.3, -0.25) is 9.59 Å². The maximum Gasteiger partial charge on any atom is 0.270 e. The average Bonchev–Trinajstić information content (AvgIpc) is 3.62. The molecule has 38 heavy (non-hydrogen) atoms. The van der Waals surface area contributed by atoms with Crippen LogP contribution >= 0.6 is 11.3 Å². The summed E-state index contributed by atoms with van der Waals surface area (Å²) in [5.41, 5.74) is 3.14. The van der Waals surface area contributed by atoms with Crippen molar-refractivity contribution in [2.75, 3.05) is 19.7 Å². The zero-order chi connectivity index (χ0) is 26.6. The van der Waals surface area contributed by atoms with Crippen LogP contribution in [0.5, 0.6) is 5.75 Å². The number of hydrogen-bond donors (Lipinski definition) is 1. The maximum absolute atomic E-state index is 14.2. The lowest BCUT2D eigenvalue weighted by atomic mass is 9.87. The normalized spacial score (nSPS) is 18.9. The summed E-state index contributed by atoms with van der Waals surface area (Å²) in [6.07, 6.45) is 2.78. The highest BCUT2D eigenvalue weighted by Gasteiger charge is 2.33. The quantitative estimate of drug-likeness (QED) is 0.442. The Hall–Kier alpha value is -3.30. The molecule has 0 aliphatic carbocycles. The molecule has 1 saturated heterocycles. The molecule has 5 rings (SSSR count). The third-order valence-electron chi connectivity index (χ3n) is 6.95. The van der Waals surface area contributed by atoms with E-state index in [0.29, 0.717) is 29.5 Å². The summed E-state index contributed by atoms with van der Waals surface area (Å²) < 4.78 is 25.8. The van der Waals surface area contributed by atoms with Crippen LogP contribution in [0.3, 0.4) is 0 Å². The van der Waals surface area contributed by atoms with E-state index in [1.54, 1.807) is 11.4 Å². The van der Waals surface area contributed by atoms with Gasteiger partial charge in [0.05, 0.1) is 12.1 Å². The monoisotopic (exact) mass is 537 g/mol. The summed E-state index contributed by atoms with van der Waals surface area (Å²) in [5, 5.41) is 5.30. The van der Waals surface area contributed by atoms with E-state index in [0.717, 1.165) is 42.6 Å². The second kappa shape index (κ2) is 11.6. The summed E-state index contributed by atoms with van der Waals surface area (Å²) >= 11 is 1.37. The van der Waals surface area contributed by atoms with Gasteiger partial charge in [0.2, 0.25) is 5.91 Å². The van der Waals surface area contributed by atoms with E-state index in [9.17, 15) is 14.0 Å². The van der Waals surface area contributed by atoms with Crippen molar-refractivity contribution in [3.05, 3.63) is 81.1 Å². The first-order chi connectivity index (χ1) is 18.4. The molecule has 2 aliphatic heterocycles. The molecule has 2 aromatic carbocycles. The second-order valence-corrected chi connectivity index (χ2v) is 11.0. The standard InChI is InChI=1S/C29H32FN3O4S/c1-18(2)29(35)33-11-10-19-8-9-22(14-24(19)27(33)20-5-3-6-21(30)13-20)37-16-26-32-25(17-38-26)28(34)31-15-23-7-4-12-36-23/h3,5-6,8-9,13-14,17-18,23,27H,4,7,10-12,15-16H2,1-2H3,(H,31,34)/t23-,27-/m0/s1. The van der Waals surface area contributed by atoms with Gasteiger partial charge in [0.1, 0.15) is 28.9 Å². The Morgan fingerprint density at radius 1 is 1.26 bits per heavy atom. The zero-order valence-electron chi connectivity index (χ0n) is 21.6. The Balaban J connectivity index is 1.31. The molecule has 9 heteroatoms. The first kappa shape index (κ1) is 26.3. The molecule has 1 aromatic heterocycles. The third kappa shape index (κ3) is 5.89. The van der Waals surface area contributed by atoms with E-state index < -0.39 is 6.04 Å². The molecule has 200 valence electrons. The highest BCUT2D eigenvalue weighted by molar-refractivity contribution is 7.09. The number of carbonyl (C=O) groups excluding carboxylic acids is 2. The van der Waals surface area contributed by atoms with Crippen LogP contribution in [0, 0.1) is 11.7 Å². The molecule has 3 heterocycles. The number of amides is 2. The zero-order valence-corrected chi connectivity index (χ0v) is 22.4. The van der Waals surface area contributed by atoms with Crippen LogP contribution in [0.15, 0.2) is 47.8 Å². The van der Waals surface area contributed by atoms with Crippen LogP contribution in [0.2, 0.25) is 0 Å². The van der Waals surface area contributed by atoms with Gasteiger partial charge in [-0.2, -0.15) is 0 Å². The van der Waals surface area contributed by atoms with Crippen LogP contribution in [0.25, 0.3) is 0 Å². The molecule has 2 atom stereocenters. The van der Waals surface area contributed by atoms with E-state index in [1.165, 1.54) is 23.5 Å². The summed E-state index contributed by atoms with van der Waals surface area (Å²) in [5.74, 6) is -0.0649. The molecule has 7 nitrogen and oxygen atoms in total. The summed E-state index contributed by atoms with van der Waals surface area (Å²) in [7, 11) is 0. The minimum atomic E-state index is -0.396. The van der Waals surface area contributed by atoms with Gasteiger partial charge in [-0.1, -0.05) is 32.0 Å². The van der Waals surface area contributed by atoms with Crippen molar-refractivity contribution in [3.63, 3.8) is 0 Å². The van der Waals surface area contributed by atoms with Crippen molar-refractivity contribution in [3.8, 4) is 5.75 Å². The molecule has 0 unspecified atom stereocenters. The van der Waals surface area contributed by atoms with Gasteiger partial charge in [-0.25, -0.2) is 9.37 Å². The number of benzene rings is 2. The lowest BCUT2D eigenvalue weighted by Gasteiger charge is -2.39. The van der Waals surface area contributed by atoms with Crippen LogP contribution in [0.1, 0.15) is 64.9 Å². The van der Waals surface area contributed by atoms with Gasteiger partial charge in [0.25, 0.3) is 5.91 Å². The largest absolute Gasteiger partial charge is 0.486 e.